The zero-order valence-corrected chi connectivity index (χ0v) is 13.6. The van der Waals surface area contributed by atoms with Gasteiger partial charge in [0, 0.05) is 5.92 Å². The Balaban J connectivity index is 1.70. The molecular weight excluding hydrogens is 290 g/mol. The van der Waals surface area contributed by atoms with Crippen LogP contribution in [0.5, 0.6) is 0 Å². The number of amides is 2. The van der Waals surface area contributed by atoms with Gasteiger partial charge < -0.3 is 0 Å². The van der Waals surface area contributed by atoms with Crippen molar-refractivity contribution in [2.24, 2.45) is 11.8 Å². The number of carbonyl (C=O) groups is 3. The number of hydrogen-bond acceptors (Lipinski definition) is 3. The van der Waals surface area contributed by atoms with Gasteiger partial charge in [0.25, 0.3) is 5.78 Å². The summed E-state index contributed by atoms with van der Waals surface area (Å²) >= 11 is 0. The van der Waals surface area contributed by atoms with Gasteiger partial charge in [0.05, 0.1) is 11.3 Å². The number of anilines is 1. The molecule has 3 rings (SSSR count). The van der Waals surface area contributed by atoms with E-state index in [-0.39, 0.29) is 11.8 Å². The van der Waals surface area contributed by atoms with Crippen LogP contribution in [0.4, 0.5) is 5.69 Å². The molecule has 1 aromatic rings. The van der Waals surface area contributed by atoms with Crippen molar-refractivity contribution in [1.82, 2.24) is 0 Å². The Morgan fingerprint density at radius 3 is 2.52 bits per heavy atom. The van der Waals surface area contributed by atoms with Crippen LogP contribution in [0.15, 0.2) is 24.3 Å². The zero-order valence-electron chi connectivity index (χ0n) is 13.6. The van der Waals surface area contributed by atoms with Gasteiger partial charge in [-0.1, -0.05) is 38.3 Å². The molecule has 1 aliphatic heterocycles. The predicted octanol–water partition coefficient (Wildman–Crippen LogP) is 3.74. The standard InChI is InChI=1S/C19H23NO3/c1-2-3-6-13-9-11-14(12-10-13)18(22)20-16-8-5-4-7-15(16)17(21)19(20)23/h4-5,7-8,13-14H,2-3,6,9-12H2,1H3. The second-order valence-corrected chi connectivity index (χ2v) is 6.68. The average Bonchev–Trinajstić information content (AvgIpc) is 2.84. The summed E-state index contributed by atoms with van der Waals surface area (Å²) in [4.78, 5) is 38.1. The highest BCUT2D eigenvalue weighted by Crippen LogP contribution is 2.36. The first-order valence-electron chi connectivity index (χ1n) is 8.65. The van der Waals surface area contributed by atoms with E-state index in [4.69, 9.17) is 0 Å². The lowest BCUT2D eigenvalue weighted by Gasteiger charge is -2.29. The Hall–Kier alpha value is -1.97. The molecule has 1 aromatic carbocycles. The van der Waals surface area contributed by atoms with Crippen molar-refractivity contribution >= 4 is 23.3 Å². The van der Waals surface area contributed by atoms with E-state index in [9.17, 15) is 14.4 Å². The maximum Gasteiger partial charge on any atom is 0.306 e. The molecule has 1 aliphatic carbocycles. The van der Waals surface area contributed by atoms with Crippen LogP contribution in [0.2, 0.25) is 0 Å². The number of carbonyl (C=O) groups excluding carboxylic acids is 3. The fourth-order valence-electron chi connectivity index (χ4n) is 3.78. The summed E-state index contributed by atoms with van der Waals surface area (Å²) in [6.07, 6.45) is 7.44. The summed E-state index contributed by atoms with van der Waals surface area (Å²) in [5.41, 5.74) is 0.808. The molecule has 0 atom stereocenters. The summed E-state index contributed by atoms with van der Waals surface area (Å²) in [5, 5.41) is 0. The first kappa shape index (κ1) is 15.9. The highest BCUT2D eigenvalue weighted by Gasteiger charge is 2.42. The molecule has 23 heavy (non-hydrogen) atoms. The number of fused-ring (bicyclic) bond motifs is 1. The SMILES string of the molecule is CCCCC1CCC(C(=O)N2C(=O)C(=O)c3ccccc32)CC1. The molecular formula is C19H23NO3. The maximum absolute atomic E-state index is 12.8. The minimum atomic E-state index is -0.690. The second-order valence-electron chi connectivity index (χ2n) is 6.68. The average molecular weight is 313 g/mol. The third kappa shape index (κ3) is 2.94. The Morgan fingerprint density at radius 1 is 1.13 bits per heavy atom. The van der Waals surface area contributed by atoms with Crippen molar-refractivity contribution in [2.45, 2.75) is 51.9 Å². The minimum absolute atomic E-state index is 0.129. The topological polar surface area (TPSA) is 54.5 Å². The summed E-state index contributed by atoms with van der Waals surface area (Å²) in [5.74, 6) is -0.866. The van der Waals surface area contributed by atoms with Crippen molar-refractivity contribution in [1.29, 1.82) is 0 Å². The van der Waals surface area contributed by atoms with Gasteiger partial charge in [-0.2, -0.15) is 0 Å². The molecule has 4 nitrogen and oxygen atoms in total. The molecule has 2 aliphatic rings. The third-order valence-corrected chi connectivity index (χ3v) is 5.17. The molecule has 122 valence electrons. The molecule has 2 amide bonds. The van der Waals surface area contributed by atoms with Crippen LogP contribution in [0.25, 0.3) is 0 Å². The van der Waals surface area contributed by atoms with Gasteiger partial charge in [0.2, 0.25) is 5.91 Å². The van der Waals surface area contributed by atoms with Crippen LogP contribution in [0.3, 0.4) is 0 Å². The maximum atomic E-state index is 12.8. The molecule has 0 unspecified atom stereocenters. The van der Waals surface area contributed by atoms with Gasteiger partial charge in [-0.05, 0) is 43.7 Å². The van der Waals surface area contributed by atoms with Gasteiger partial charge in [0.1, 0.15) is 0 Å². The van der Waals surface area contributed by atoms with Gasteiger partial charge in [0.15, 0.2) is 0 Å². The largest absolute Gasteiger partial charge is 0.306 e. The number of nitrogens with zero attached hydrogens (tertiary/aromatic N) is 1. The molecule has 0 bridgehead atoms. The van der Waals surface area contributed by atoms with E-state index in [0.29, 0.717) is 17.2 Å². The number of ketones is 1. The molecule has 1 saturated carbocycles. The normalized spacial score (nSPS) is 24.0. The second kappa shape index (κ2) is 6.65. The molecule has 0 spiro atoms. The number of Topliss-reactive ketones (excluding diaryl/α,β-unsaturated/α-hetero) is 1. The van der Waals surface area contributed by atoms with Crippen molar-refractivity contribution in [2.75, 3.05) is 4.90 Å². The lowest BCUT2D eigenvalue weighted by molar-refractivity contribution is -0.127. The number of rotatable bonds is 4. The number of para-hydroxylation sites is 1. The van der Waals surface area contributed by atoms with E-state index in [1.165, 1.54) is 19.3 Å². The number of hydrogen-bond donors (Lipinski definition) is 0. The first-order chi connectivity index (χ1) is 11.1. The van der Waals surface area contributed by atoms with E-state index < -0.39 is 11.7 Å². The Bertz CT molecular complexity index is 629. The van der Waals surface area contributed by atoms with Crippen molar-refractivity contribution in [3.05, 3.63) is 29.8 Å². The van der Waals surface area contributed by atoms with Crippen LogP contribution in [-0.4, -0.2) is 17.6 Å². The summed E-state index contributed by atoms with van der Waals surface area (Å²) < 4.78 is 0. The van der Waals surface area contributed by atoms with Gasteiger partial charge in [-0.3, -0.25) is 14.4 Å². The fraction of sp³-hybridized carbons (Fsp3) is 0.526. The van der Waals surface area contributed by atoms with Gasteiger partial charge in [-0.25, -0.2) is 4.90 Å². The summed E-state index contributed by atoms with van der Waals surface area (Å²) in [6, 6.07) is 6.77. The molecule has 4 heteroatoms. The highest BCUT2D eigenvalue weighted by molar-refractivity contribution is 6.56. The smallest absolute Gasteiger partial charge is 0.283 e. The zero-order chi connectivity index (χ0) is 16.4. The fourth-order valence-corrected chi connectivity index (χ4v) is 3.78. The summed E-state index contributed by atoms with van der Waals surface area (Å²) in [7, 11) is 0. The first-order valence-corrected chi connectivity index (χ1v) is 8.65. The monoisotopic (exact) mass is 313 g/mol. The number of imide groups is 1. The minimum Gasteiger partial charge on any atom is -0.283 e. The Kier molecular flexibility index (Phi) is 4.60. The quantitative estimate of drug-likeness (QED) is 0.628. The van der Waals surface area contributed by atoms with Crippen molar-refractivity contribution in [3.8, 4) is 0 Å². The molecule has 0 aromatic heterocycles. The molecule has 0 N–H and O–H groups in total. The van der Waals surface area contributed by atoms with Crippen LogP contribution >= 0.6 is 0 Å². The number of unbranched alkanes of at least 4 members (excludes halogenated alkanes) is 1. The van der Waals surface area contributed by atoms with Crippen LogP contribution in [0, 0.1) is 11.8 Å². The third-order valence-electron chi connectivity index (χ3n) is 5.17. The molecule has 1 fully saturated rings. The van der Waals surface area contributed by atoms with Crippen molar-refractivity contribution < 1.29 is 14.4 Å². The van der Waals surface area contributed by atoms with E-state index in [2.05, 4.69) is 6.92 Å². The van der Waals surface area contributed by atoms with E-state index >= 15 is 0 Å². The van der Waals surface area contributed by atoms with Crippen molar-refractivity contribution in [3.63, 3.8) is 0 Å². The van der Waals surface area contributed by atoms with Gasteiger partial charge in [-0.15, -0.1) is 0 Å². The van der Waals surface area contributed by atoms with E-state index in [0.717, 1.165) is 30.6 Å². The molecule has 0 radical (unpaired) electrons. The predicted molar refractivity (Wildman–Crippen MR) is 88.2 cm³/mol. The lowest BCUT2D eigenvalue weighted by atomic mass is 9.79. The van der Waals surface area contributed by atoms with Crippen LogP contribution in [0.1, 0.15) is 62.2 Å². The molecule has 0 saturated heterocycles. The van der Waals surface area contributed by atoms with Crippen LogP contribution in [-0.2, 0) is 9.59 Å². The van der Waals surface area contributed by atoms with Gasteiger partial charge >= 0.3 is 5.91 Å². The highest BCUT2D eigenvalue weighted by atomic mass is 16.2. The van der Waals surface area contributed by atoms with E-state index in [1.807, 2.05) is 0 Å². The van der Waals surface area contributed by atoms with Crippen LogP contribution < -0.4 is 4.90 Å². The Labute approximate surface area is 136 Å². The lowest BCUT2D eigenvalue weighted by Crippen LogP contribution is -2.41. The number of benzene rings is 1. The molecule has 1 heterocycles. The van der Waals surface area contributed by atoms with E-state index in [1.54, 1.807) is 24.3 Å². The summed E-state index contributed by atoms with van der Waals surface area (Å²) in [6.45, 7) is 2.20. The Morgan fingerprint density at radius 2 is 1.83 bits per heavy atom.